The minimum Gasteiger partial charge on any atom is -0.396 e. The molecule has 0 bridgehead atoms. The first-order valence-corrected chi connectivity index (χ1v) is 7.36. The monoisotopic (exact) mass is 292 g/mol. The summed E-state index contributed by atoms with van der Waals surface area (Å²) in [5.41, 5.74) is 9.59. The third kappa shape index (κ3) is 2.19. The van der Waals surface area contributed by atoms with Crippen LogP contribution in [0.25, 0.3) is 10.2 Å². The summed E-state index contributed by atoms with van der Waals surface area (Å²) >= 11 is 9.09. The quantitative estimate of drug-likeness (QED) is 0.697. The molecule has 0 aliphatic carbocycles. The van der Waals surface area contributed by atoms with Crippen LogP contribution in [-0.2, 0) is 0 Å². The first kappa shape index (κ1) is 11.8. The van der Waals surface area contributed by atoms with Crippen molar-refractivity contribution in [3.05, 3.63) is 46.9 Å². The Hall–Kier alpha value is -1.23. The van der Waals surface area contributed by atoms with Gasteiger partial charge < -0.3 is 5.73 Å². The summed E-state index contributed by atoms with van der Waals surface area (Å²) in [6.07, 6.45) is 0. The Labute approximate surface area is 118 Å². The summed E-state index contributed by atoms with van der Waals surface area (Å²) in [7, 11) is 0. The molecule has 0 aliphatic heterocycles. The molecular formula is C13H9ClN2S2. The van der Waals surface area contributed by atoms with E-state index in [9.17, 15) is 0 Å². The smallest absolute Gasteiger partial charge is 0.105 e. The molecule has 2 N–H and O–H groups in total. The van der Waals surface area contributed by atoms with Crippen LogP contribution >= 0.6 is 34.7 Å². The van der Waals surface area contributed by atoms with E-state index in [0.717, 1.165) is 30.7 Å². The van der Waals surface area contributed by atoms with Crippen molar-refractivity contribution >= 4 is 50.6 Å². The van der Waals surface area contributed by atoms with Crippen LogP contribution in [-0.4, -0.2) is 4.98 Å². The van der Waals surface area contributed by atoms with E-state index in [1.165, 1.54) is 0 Å². The number of anilines is 1. The second-order valence-electron chi connectivity index (χ2n) is 3.73. The van der Waals surface area contributed by atoms with Gasteiger partial charge in [-0.1, -0.05) is 23.4 Å². The lowest BCUT2D eigenvalue weighted by Crippen LogP contribution is -1.89. The first-order valence-electron chi connectivity index (χ1n) is 5.29. The number of hydrogen-bond acceptors (Lipinski definition) is 4. The minimum absolute atomic E-state index is 0.738. The van der Waals surface area contributed by atoms with Gasteiger partial charge in [0.05, 0.1) is 15.9 Å². The van der Waals surface area contributed by atoms with Crippen molar-refractivity contribution in [1.82, 2.24) is 4.98 Å². The van der Waals surface area contributed by atoms with Gasteiger partial charge in [0.25, 0.3) is 0 Å². The van der Waals surface area contributed by atoms with Crippen LogP contribution in [0.5, 0.6) is 0 Å². The number of nitrogens with two attached hydrogens (primary N) is 1. The number of nitrogens with zero attached hydrogens (tertiary/aromatic N) is 1. The van der Waals surface area contributed by atoms with Crippen molar-refractivity contribution in [2.45, 2.75) is 9.79 Å². The van der Waals surface area contributed by atoms with Crippen LogP contribution in [0.4, 0.5) is 5.69 Å². The van der Waals surface area contributed by atoms with Crippen LogP contribution < -0.4 is 5.73 Å². The normalized spacial score (nSPS) is 10.9. The number of thiazole rings is 1. The lowest BCUT2D eigenvalue weighted by Gasteiger charge is -2.05. The van der Waals surface area contributed by atoms with Crippen LogP contribution in [0.2, 0.25) is 5.02 Å². The molecule has 2 aromatic carbocycles. The minimum atomic E-state index is 0.738. The standard InChI is InChI=1S/C13H9ClN2S2/c14-8-1-3-9(4-2-8)18-10-5-6-11-13(12(10)15)16-7-17-11/h1-7H,15H2. The molecule has 0 aliphatic rings. The van der Waals surface area contributed by atoms with E-state index < -0.39 is 0 Å². The number of hydrogen-bond donors (Lipinski definition) is 1. The highest BCUT2D eigenvalue weighted by Gasteiger charge is 2.08. The predicted molar refractivity (Wildman–Crippen MR) is 79.6 cm³/mol. The second-order valence-corrected chi connectivity index (χ2v) is 6.17. The van der Waals surface area contributed by atoms with Gasteiger partial charge >= 0.3 is 0 Å². The van der Waals surface area contributed by atoms with Gasteiger partial charge in [0.15, 0.2) is 0 Å². The Morgan fingerprint density at radius 3 is 2.67 bits per heavy atom. The van der Waals surface area contributed by atoms with Crippen molar-refractivity contribution < 1.29 is 0 Å². The van der Waals surface area contributed by atoms with E-state index >= 15 is 0 Å². The highest BCUT2D eigenvalue weighted by molar-refractivity contribution is 7.99. The molecule has 18 heavy (non-hydrogen) atoms. The average molecular weight is 293 g/mol. The molecular weight excluding hydrogens is 284 g/mol. The molecule has 0 radical (unpaired) electrons. The third-order valence-electron chi connectivity index (χ3n) is 2.54. The van der Waals surface area contributed by atoms with Crippen LogP contribution in [0.1, 0.15) is 0 Å². The highest BCUT2D eigenvalue weighted by Crippen LogP contribution is 2.36. The molecule has 0 amide bonds. The predicted octanol–water partition coefficient (Wildman–Crippen LogP) is 4.68. The zero-order valence-electron chi connectivity index (χ0n) is 9.26. The summed E-state index contributed by atoms with van der Waals surface area (Å²) in [6.45, 7) is 0. The maximum Gasteiger partial charge on any atom is 0.105 e. The number of aromatic nitrogens is 1. The topological polar surface area (TPSA) is 38.9 Å². The Morgan fingerprint density at radius 2 is 1.89 bits per heavy atom. The molecule has 0 saturated carbocycles. The Balaban J connectivity index is 1.99. The second kappa shape index (κ2) is 4.80. The molecule has 3 rings (SSSR count). The van der Waals surface area contributed by atoms with Crippen molar-refractivity contribution in [2.75, 3.05) is 5.73 Å². The fraction of sp³-hybridized carbons (Fsp3) is 0. The molecule has 2 nitrogen and oxygen atoms in total. The fourth-order valence-corrected chi connectivity index (χ4v) is 3.34. The molecule has 3 aromatic rings. The zero-order valence-corrected chi connectivity index (χ0v) is 11.6. The maximum absolute atomic E-state index is 6.14. The SMILES string of the molecule is Nc1c(Sc2ccc(Cl)cc2)ccc2scnc12. The summed E-state index contributed by atoms with van der Waals surface area (Å²) in [5, 5.41) is 0.738. The van der Waals surface area contributed by atoms with E-state index in [1.54, 1.807) is 23.1 Å². The summed E-state index contributed by atoms with van der Waals surface area (Å²) in [4.78, 5) is 6.43. The Bertz CT molecular complexity index is 692. The summed E-state index contributed by atoms with van der Waals surface area (Å²) < 4.78 is 1.12. The van der Waals surface area contributed by atoms with Crippen LogP contribution in [0.3, 0.4) is 0 Å². The number of benzene rings is 2. The van der Waals surface area contributed by atoms with Gasteiger partial charge in [-0.15, -0.1) is 11.3 Å². The van der Waals surface area contributed by atoms with Crippen LogP contribution in [0, 0.1) is 0 Å². The third-order valence-corrected chi connectivity index (χ3v) is 4.67. The van der Waals surface area contributed by atoms with Gasteiger partial charge in [0, 0.05) is 14.8 Å². The van der Waals surface area contributed by atoms with Crippen LogP contribution in [0.15, 0.2) is 51.7 Å². The number of nitrogen functional groups attached to an aromatic ring is 1. The molecule has 0 saturated heterocycles. The molecule has 0 fully saturated rings. The first-order chi connectivity index (χ1) is 8.74. The molecule has 0 spiro atoms. The van der Waals surface area contributed by atoms with Crippen molar-refractivity contribution in [1.29, 1.82) is 0 Å². The summed E-state index contributed by atoms with van der Waals surface area (Å²) in [6, 6.07) is 11.8. The lowest BCUT2D eigenvalue weighted by atomic mass is 10.3. The average Bonchev–Trinajstić information content (AvgIpc) is 2.84. The van der Waals surface area contributed by atoms with E-state index in [1.807, 2.05) is 35.8 Å². The van der Waals surface area contributed by atoms with Gasteiger partial charge in [-0.25, -0.2) is 4.98 Å². The highest BCUT2D eigenvalue weighted by atomic mass is 35.5. The molecule has 90 valence electrons. The van der Waals surface area contributed by atoms with E-state index in [-0.39, 0.29) is 0 Å². The van der Waals surface area contributed by atoms with E-state index in [4.69, 9.17) is 17.3 Å². The van der Waals surface area contributed by atoms with Gasteiger partial charge in [-0.3, -0.25) is 0 Å². The molecule has 0 atom stereocenters. The van der Waals surface area contributed by atoms with Gasteiger partial charge in [-0.2, -0.15) is 0 Å². The fourth-order valence-electron chi connectivity index (χ4n) is 1.65. The largest absolute Gasteiger partial charge is 0.396 e. The zero-order chi connectivity index (χ0) is 12.5. The maximum atomic E-state index is 6.14. The van der Waals surface area contributed by atoms with Crippen molar-refractivity contribution in [3.63, 3.8) is 0 Å². The van der Waals surface area contributed by atoms with Gasteiger partial charge in [0.1, 0.15) is 5.52 Å². The number of rotatable bonds is 2. The molecule has 1 aromatic heterocycles. The molecule has 5 heteroatoms. The Morgan fingerprint density at radius 1 is 1.11 bits per heavy atom. The Kier molecular flexibility index (Phi) is 3.16. The number of halogens is 1. The van der Waals surface area contributed by atoms with Crippen molar-refractivity contribution in [2.24, 2.45) is 0 Å². The van der Waals surface area contributed by atoms with Crippen molar-refractivity contribution in [3.8, 4) is 0 Å². The molecule has 1 heterocycles. The van der Waals surface area contributed by atoms with E-state index in [2.05, 4.69) is 11.1 Å². The summed E-state index contributed by atoms with van der Waals surface area (Å²) in [5.74, 6) is 0. The molecule has 0 unspecified atom stereocenters. The van der Waals surface area contributed by atoms with Gasteiger partial charge in [0.2, 0.25) is 0 Å². The lowest BCUT2D eigenvalue weighted by molar-refractivity contribution is 1.40. The number of fused-ring (bicyclic) bond motifs is 1. The van der Waals surface area contributed by atoms with E-state index in [0.29, 0.717) is 0 Å². The van der Waals surface area contributed by atoms with Gasteiger partial charge in [-0.05, 0) is 36.4 Å².